The minimum absolute atomic E-state index is 0.00918. The van der Waals surface area contributed by atoms with Gasteiger partial charge in [0.1, 0.15) is 12.3 Å². The number of ether oxygens (including phenoxy) is 2. The van der Waals surface area contributed by atoms with E-state index in [1.165, 1.54) is 17.6 Å². The molecule has 1 fully saturated rings. The van der Waals surface area contributed by atoms with Gasteiger partial charge in [-0.3, -0.25) is 4.79 Å². The monoisotopic (exact) mass is 369 g/mol. The molecule has 0 spiro atoms. The summed E-state index contributed by atoms with van der Waals surface area (Å²) in [6.45, 7) is 4.22. The number of piperazine rings is 1. The lowest BCUT2D eigenvalue weighted by Gasteiger charge is -2.32. The normalized spacial score (nSPS) is 14.7. The summed E-state index contributed by atoms with van der Waals surface area (Å²) in [5.41, 5.74) is 2.31. The van der Waals surface area contributed by atoms with Crippen LogP contribution in [-0.2, 0) is 11.3 Å². The second-order valence-corrected chi connectivity index (χ2v) is 6.64. The lowest BCUT2D eigenvalue weighted by Crippen LogP contribution is -3.13. The molecule has 0 radical (unpaired) electrons. The molecule has 1 amide bonds. The molecule has 0 aromatic heterocycles. The Balaban J connectivity index is 1.53. The number of quaternary nitrogens is 1. The van der Waals surface area contributed by atoms with Gasteiger partial charge in [0.15, 0.2) is 0 Å². The standard InChI is InChI=1S/C21H24N2O4/c1-26-19-9-3-16(4-10-19)15-22-11-13-23(14-12-22)20(24)17-5-7-18(8-6-17)21(25)27-2/h3-10H,11-15H2,1-2H3/p+1. The third kappa shape index (κ3) is 4.65. The van der Waals surface area contributed by atoms with Crippen molar-refractivity contribution in [1.29, 1.82) is 0 Å². The Morgan fingerprint density at radius 3 is 2.07 bits per heavy atom. The average molecular weight is 369 g/mol. The Kier molecular flexibility index (Phi) is 6.08. The van der Waals surface area contributed by atoms with Crippen LogP contribution in [0.2, 0.25) is 0 Å². The molecule has 0 aliphatic carbocycles. The largest absolute Gasteiger partial charge is 0.497 e. The molecule has 1 heterocycles. The van der Waals surface area contributed by atoms with E-state index in [9.17, 15) is 9.59 Å². The van der Waals surface area contributed by atoms with Crippen molar-refractivity contribution in [3.63, 3.8) is 0 Å². The number of methoxy groups -OCH3 is 2. The summed E-state index contributed by atoms with van der Waals surface area (Å²) in [6, 6.07) is 14.8. The van der Waals surface area contributed by atoms with Crippen molar-refractivity contribution < 1.29 is 24.0 Å². The number of nitrogens with one attached hydrogen (secondary N) is 1. The zero-order valence-corrected chi connectivity index (χ0v) is 15.7. The van der Waals surface area contributed by atoms with E-state index in [-0.39, 0.29) is 5.91 Å². The number of hydrogen-bond acceptors (Lipinski definition) is 4. The van der Waals surface area contributed by atoms with Crippen LogP contribution in [0.15, 0.2) is 48.5 Å². The average Bonchev–Trinajstić information content (AvgIpc) is 2.74. The van der Waals surface area contributed by atoms with E-state index < -0.39 is 5.97 Å². The molecule has 6 heteroatoms. The molecule has 27 heavy (non-hydrogen) atoms. The van der Waals surface area contributed by atoms with E-state index in [1.54, 1.807) is 31.4 Å². The van der Waals surface area contributed by atoms with Crippen LogP contribution in [0.3, 0.4) is 0 Å². The first-order valence-electron chi connectivity index (χ1n) is 9.05. The van der Waals surface area contributed by atoms with Gasteiger partial charge in [0.25, 0.3) is 5.91 Å². The van der Waals surface area contributed by atoms with Crippen molar-refractivity contribution in [1.82, 2.24) is 4.90 Å². The van der Waals surface area contributed by atoms with Gasteiger partial charge < -0.3 is 19.3 Å². The Labute approximate surface area is 159 Å². The summed E-state index contributed by atoms with van der Waals surface area (Å²) in [4.78, 5) is 27.5. The van der Waals surface area contributed by atoms with Crippen LogP contribution < -0.4 is 9.64 Å². The van der Waals surface area contributed by atoms with Crippen LogP contribution in [0.4, 0.5) is 0 Å². The third-order valence-electron chi connectivity index (χ3n) is 4.92. The number of nitrogens with zero attached hydrogens (tertiary/aromatic N) is 1. The Hall–Kier alpha value is -2.86. The predicted molar refractivity (Wildman–Crippen MR) is 101 cm³/mol. The van der Waals surface area contributed by atoms with Crippen LogP contribution >= 0.6 is 0 Å². The summed E-state index contributed by atoms with van der Waals surface area (Å²) in [6.07, 6.45) is 0. The number of carbonyl (C=O) groups is 2. The molecular formula is C21H25N2O4+. The van der Waals surface area contributed by atoms with E-state index >= 15 is 0 Å². The van der Waals surface area contributed by atoms with E-state index in [1.807, 2.05) is 17.0 Å². The van der Waals surface area contributed by atoms with Gasteiger partial charge in [-0.15, -0.1) is 0 Å². The Morgan fingerprint density at radius 1 is 0.926 bits per heavy atom. The van der Waals surface area contributed by atoms with Gasteiger partial charge in [-0.1, -0.05) is 0 Å². The molecule has 0 bridgehead atoms. The summed E-state index contributed by atoms with van der Waals surface area (Å²) in [5, 5.41) is 0. The summed E-state index contributed by atoms with van der Waals surface area (Å²) < 4.78 is 9.87. The molecule has 3 rings (SSSR count). The molecule has 142 valence electrons. The maximum atomic E-state index is 12.7. The topological polar surface area (TPSA) is 60.3 Å². The fraction of sp³-hybridized carbons (Fsp3) is 0.333. The van der Waals surface area contributed by atoms with E-state index in [2.05, 4.69) is 16.9 Å². The molecule has 0 unspecified atom stereocenters. The van der Waals surface area contributed by atoms with Gasteiger partial charge in [-0.05, 0) is 48.5 Å². The Bertz CT molecular complexity index is 779. The molecule has 1 N–H and O–H groups in total. The number of carbonyl (C=O) groups excluding carboxylic acids is 2. The quantitative estimate of drug-likeness (QED) is 0.800. The molecule has 1 saturated heterocycles. The zero-order chi connectivity index (χ0) is 19.2. The summed E-state index contributed by atoms with van der Waals surface area (Å²) in [7, 11) is 3.01. The second-order valence-electron chi connectivity index (χ2n) is 6.64. The molecule has 0 atom stereocenters. The maximum absolute atomic E-state index is 12.7. The minimum atomic E-state index is -0.398. The SMILES string of the molecule is COC(=O)c1ccc(C(=O)N2CC[NH+](Cc3ccc(OC)cc3)CC2)cc1. The fourth-order valence-electron chi connectivity index (χ4n) is 3.28. The van der Waals surface area contributed by atoms with E-state index in [0.29, 0.717) is 11.1 Å². The van der Waals surface area contributed by atoms with Crippen molar-refractivity contribution in [3.05, 3.63) is 65.2 Å². The first kappa shape index (κ1) is 18.9. The smallest absolute Gasteiger partial charge is 0.337 e. The van der Waals surface area contributed by atoms with Crippen LogP contribution in [-0.4, -0.2) is 57.2 Å². The van der Waals surface area contributed by atoms with Gasteiger partial charge in [-0.25, -0.2) is 4.79 Å². The van der Waals surface area contributed by atoms with Gasteiger partial charge >= 0.3 is 5.97 Å². The lowest BCUT2D eigenvalue weighted by atomic mass is 10.1. The van der Waals surface area contributed by atoms with Crippen molar-refractivity contribution in [2.24, 2.45) is 0 Å². The van der Waals surface area contributed by atoms with Gasteiger partial charge in [-0.2, -0.15) is 0 Å². The van der Waals surface area contributed by atoms with Crippen LogP contribution in [0, 0.1) is 0 Å². The first-order valence-corrected chi connectivity index (χ1v) is 9.05. The number of esters is 1. The van der Waals surface area contributed by atoms with Gasteiger partial charge in [0.05, 0.1) is 46.0 Å². The fourth-order valence-corrected chi connectivity index (χ4v) is 3.28. The molecule has 2 aromatic carbocycles. The van der Waals surface area contributed by atoms with Crippen molar-refractivity contribution >= 4 is 11.9 Å². The highest BCUT2D eigenvalue weighted by Crippen LogP contribution is 2.11. The summed E-state index contributed by atoms with van der Waals surface area (Å²) in [5.74, 6) is 0.474. The van der Waals surface area contributed by atoms with Crippen LogP contribution in [0.25, 0.3) is 0 Å². The number of rotatable bonds is 5. The highest BCUT2D eigenvalue weighted by Gasteiger charge is 2.24. The number of benzene rings is 2. The molecular weight excluding hydrogens is 344 g/mol. The number of amides is 1. The lowest BCUT2D eigenvalue weighted by molar-refractivity contribution is -0.917. The third-order valence-corrected chi connectivity index (χ3v) is 4.92. The van der Waals surface area contributed by atoms with Gasteiger partial charge in [0, 0.05) is 11.1 Å². The minimum Gasteiger partial charge on any atom is -0.497 e. The van der Waals surface area contributed by atoms with Crippen molar-refractivity contribution in [2.45, 2.75) is 6.54 Å². The maximum Gasteiger partial charge on any atom is 0.337 e. The predicted octanol–water partition coefficient (Wildman–Crippen LogP) is 1.02. The van der Waals surface area contributed by atoms with Crippen LogP contribution in [0.1, 0.15) is 26.3 Å². The highest BCUT2D eigenvalue weighted by atomic mass is 16.5. The van der Waals surface area contributed by atoms with Crippen LogP contribution in [0.5, 0.6) is 5.75 Å². The zero-order valence-electron chi connectivity index (χ0n) is 15.7. The van der Waals surface area contributed by atoms with Gasteiger partial charge in [0.2, 0.25) is 0 Å². The molecule has 6 nitrogen and oxygen atoms in total. The summed E-state index contributed by atoms with van der Waals surface area (Å²) >= 11 is 0. The Morgan fingerprint density at radius 2 is 1.52 bits per heavy atom. The molecule has 2 aromatic rings. The van der Waals surface area contributed by atoms with E-state index in [0.717, 1.165) is 38.5 Å². The molecule has 1 aliphatic rings. The highest BCUT2D eigenvalue weighted by molar-refractivity contribution is 5.96. The van der Waals surface area contributed by atoms with Crippen molar-refractivity contribution in [3.8, 4) is 5.75 Å². The molecule has 0 saturated carbocycles. The first-order chi connectivity index (χ1) is 13.1. The van der Waals surface area contributed by atoms with E-state index in [4.69, 9.17) is 4.74 Å². The number of hydrogen-bond donors (Lipinski definition) is 1. The second kappa shape index (κ2) is 8.68. The molecule has 1 aliphatic heterocycles. The van der Waals surface area contributed by atoms with Crippen molar-refractivity contribution in [2.75, 3.05) is 40.4 Å².